The lowest BCUT2D eigenvalue weighted by atomic mass is 10.1. The van der Waals surface area contributed by atoms with E-state index in [1.54, 1.807) is 12.3 Å². The Balaban J connectivity index is 1.31. The maximum atomic E-state index is 12.5. The Morgan fingerprint density at radius 1 is 1.00 bits per heavy atom. The summed E-state index contributed by atoms with van der Waals surface area (Å²) in [5, 5.41) is 5.11. The molecule has 0 aliphatic heterocycles. The van der Waals surface area contributed by atoms with Crippen LogP contribution in [0.25, 0.3) is 33.5 Å². The van der Waals surface area contributed by atoms with E-state index in [2.05, 4.69) is 15.3 Å². The highest BCUT2D eigenvalue weighted by molar-refractivity contribution is 5.94. The van der Waals surface area contributed by atoms with Crippen LogP contribution in [0, 0.1) is 6.92 Å². The van der Waals surface area contributed by atoms with Crippen LogP contribution in [0.2, 0.25) is 0 Å². The normalized spacial score (nSPS) is 11.0. The molecule has 1 amide bonds. The number of rotatable bonds is 5. The molecule has 2 heterocycles. The number of pyridine rings is 1. The number of fused-ring (bicyclic) bond motifs is 2. The van der Waals surface area contributed by atoms with Crippen molar-refractivity contribution in [3.8, 4) is 17.2 Å². The lowest BCUT2D eigenvalue weighted by Crippen LogP contribution is -2.20. The molecule has 6 nitrogen and oxygen atoms in total. The van der Waals surface area contributed by atoms with Gasteiger partial charge in [-0.1, -0.05) is 36.4 Å². The second kappa shape index (κ2) is 7.91. The van der Waals surface area contributed by atoms with Crippen LogP contribution >= 0.6 is 0 Å². The van der Waals surface area contributed by atoms with Gasteiger partial charge in [-0.05, 0) is 59.7 Å². The van der Waals surface area contributed by atoms with E-state index in [1.807, 2.05) is 73.7 Å². The predicted octanol–water partition coefficient (Wildman–Crippen LogP) is 5.37. The molecule has 152 valence electrons. The highest BCUT2D eigenvalue weighted by Crippen LogP contribution is 2.30. The topological polar surface area (TPSA) is 77.2 Å². The molecule has 5 aromatic rings. The molecule has 0 saturated carbocycles. The van der Waals surface area contributed by atoms with Crippen molar-refractivity contribution >= 4 is 33.6 Å². The third-order valence-electron chi connectivity index (χ3n) is 5.09. The summed E-state index contributed by atoms with van der Waals surface area (Å²) in [6.45, 7) is 1.83. The van der Waals surface area contributed by atoms with Gasteiger partial charge in [0.05, 0.1) is 0 Å². The molecule has 0 aliphatic carbocycles. The van der Waals surface area contributed by atoms with Crippen molar-refractivity contribution in [3.05, 3.63) is 84.6 Å². The van der Waals surface area contributed by atoms with Gasteiger partial charge in [0, 0.05) is 17.4 Å². The van der Waals surface area contributed by atoms with Gasteiger partial charge in [-0.2, -0.15) is 4.98 Å². The molecule has 0 atom stereocenters. The zero-order chi connectivity index (χ0) is 21.2. The minimum Gasteiger partial charge on any atom is -0.484 e. The third kappa shape index (κ3) is 3.83. The zero-order valence-corrected chi connectivity index (χ0v) is 16.8. The summed E-state index contributed by atoms with van der Waals surface area (Å²) in [5.41, 5.74) is 3.50. The molecular formula is C25H19N3O3. The molecule has 0 saturated heterocycles. The Morgan fingerprint density at radius 3 is 2.74 bits per heavy atom. The number of oxazole rings is 1. The number of benzene rings is 3. The number of hydrogen-bond acceptors (Lipinski definition) is 5. The molecule has 0 unspecified atom stereocenters. The Hall–Kier alpha value is -4.19. The van der Waals surface area contributed by atoms with Crippen LogP contribution in [0.15, 0.2) is 83.4 Å². The first-order chi connectivity index (χ1) is 15.2. The second-order valence-corrected chi connectivity index (χ2v) is 7.17. The average Bonchev–Trinajstić information content (AvgIpc) is 3.23. The van der Waals surface area contributed by atoms with Gasteiger partial charge in [-0.15, -0.1) is 0 Å². The number of amides is 1. The first kappa shape index (κ1) is 18.8. The lowest BCUT2D eigenvalue weighted by Gasteiger charge is -2.12. The van der Waals surface area contributed by atoms with Crippen LogP contribution in [-0.4, -0.2) is 22.5 Å². The van der Waals surface area contributed by atoms with Crippen molar-refractivity contribution in [3.63, 3.8) is 0 Å². The Kier molecular flexibility index (Phi) is 4.80. The fourth-order valence-corrected chi connectivity index (χ4v) is 3.48. The van der Waals surface area contributed by atoms with E-state index in [0.29, 0.717) is 28.6 Å². The number of ether oxygens (including phenoxy) is 1. The van der Waals surface area contributed by atoms with Gasteiger partial charge in [-0.3, -0.25) is 4.79 Å². The van der Waals surface area contributed by atoms with E-state index in [4.69, 9.17) is 9.15 Å². The molecule has 6 heteroatoms. The summed E-state index contributed by atoms with van der Waals surface area (Å²) in [4.78, 5) is 21.2. The zero-order valence-electron chi connectivity index (χ0n) is 16.8. The fourth-order valence-electron chi connectivity index (χ4n) is 3.48. The van der Waals surface area contributed by atoms with Crippen molar-refractivity contribution in [1.29, 1.82) is 0 Å². The number of aromatic nitrogens is 2. The molecule has 0 radical (unpaired) electrons. The summed E-state index contributed by atoms with van der Waals surface area (Å²) in [6.07, 6.45) is 1.67. The van der Waals surface area contributed by atoms with E-state index in [0.717, 1.165) is 21.9 Å². The number of carbonyl (C=O) groups excluding carboxylic acids is 1. The van der Waals surface area contributed by atoms with Crippen molar-refractivity contribution < 1.29 is 13.9 Å². The van der Waals surface area contributed by atoms with Crippen molar-refractivity contribution in [2.24, 2.45) is 0 Å². The number of anilines is 1. The van der Waals surface area contributed by atoms with E-state index in [1.165, 1.54) is 0 Å². The van der Waals surface area contributed by atoms with Crippen molar-refractivity contribution in [2.75, 3.05) is 11.9 Å². The molecule has 2 aromatic heterocycles. The van der Waals surface area contributed by atoms with Crippen LogP contribution in [0.3, 0.4) is 0 Å². The highest BCUT2D eigenvalue weighted by Gasteiger charge is 2.14. The van der Waals surface area contributed by atoms with Crippen LogP contribution in [0.4, 0.5) is 5.69 Å². The molecule has 1 N–H and O–H groups in total. The highest BCUT2D eigenvalue weighted by atomic mass is 16.5. The minimum atomic E-state index is -0.243. The summed E-state index contributed by atoms with van der Waals surface area (Å²) in [7, 11) is 0. The van der Waals surface area contributed by atoms with Crippen molar-refractivity contribution in [1.82, 2.24) is 9.97 Å². The van der Waals surface area contributed by atoms with Gasteiger partial charge in [-0.25, -0.2) is 4.98 Å². The van der Waals surface area contributed by atoms with Crippen LogP contribution in [0.5, 0.6) is 5.75 Å². The Labute approximate surface area is 178 Å². The first-order valence-electron chi connectivity index (χ1n) is 9.90. The Bertz CT molecular complexity index is 1370. The first-order valence-corrected chi connectivity index (χ1v) is 9.90. The predicted molar refractivity (Wildman–Crippen MR) is 120 cm³/mol. The molecule has 0 spiro atoms. The number of nitrogens with zero attached hydrogens (tertiary/aromatic N) is 2. The number of hydrogen-bond donors (Lipinski definition) is 1. The van der Waals surface area contributed by atoms with E-state index < -0.39 is 0 Å². The molecule has 5 rings (SSSR count). The standard InChI is InChI=1S/C25H19N3O3/c1-16-20(25-28-24-22(31-25)10-5-13-26-24)8-4-9-21(16)27-23(29)15-30-19-12-11-17-6-2-3-7-18(17)14-19/h2-14H,15H2,1H3,(H,27,29). The summed E-state index contributed by atoms with van der Waals surface area (Å²) in [5.74, 6) is 0.876. The SMILES string of the molecule is Cc1c(NC(=O)COc2ccc3ccccc3c2)cccc1-c1nc2ncccc2o1. The molecule has 3 aromatic carbocycles. The van der Waals surface area contributed by atoms with Gasteiger partial charge >= 0.3 is 0 Å². The Morgan fingerprint density at radius 2 is 1.87 bits per heavy atom. The van der Waals surface area contributed by atoms with Gasteiger partial charge in [0.15, 0.2) is 17.8 Å². The smallest absolute Gasteiger partial charge is 0.262 e. The van der Waals surface area contributed by atoms with E-state index >= 15 is 0 Å². The number of carbonyl (C=O) groups is 1. The van der Waals surface area contributed by atoms with E-state index in [9.17, 15) is 4.79 Å². The molecular weight excluding hydrogens is 390 g/mol. The molecule has 0 aliphatic rings. The largest absolute Gasteiger partial charge is 0.484 e. The number of nitrogens with one attached hydrogen (secondary N) is 1. The maximum absolute atomic E-state index is 12.5. The maximum Gasteiger partial charge on any atom is 0.262 e. The quantitative estimate of drug-likeness (QED) is 0.422. The van der Waals surface area contributed by atoms with Crippen molar-refractivity contribution in [2.45, 2.75) is 6.92 Å². The second-order valence-electron chi connectivity index (χ2n) is 7.17. The minimum absolute atomic E-state index is 0.0885. The average molecular weight is 409 g/mol. The fraction of sp³-hybridized carbons (Fsp3) is 0.0800. The van der Waals surface area contributed by atoms with Crippen LogP contribution in [0.1, 0.15) is 5.56 Å². The summed E-state index contributed by atoms with van der Waals surface area (Å²) >= 11 is 0. The molecule has 0 bridgehead atoms. The summed E-state index contributed by atoms with van der Waals surface area (Å²) in [6, 6.07) is 23.0. The van der Waals surface area contributed by atoms with Gasteiger partial charge in [0.25, 0.3) is 5.91 Å². The van der Waals surface area contributed by atoms with Gasteiger partial charge in [0.2, 0.25) is 5.89 Å². The van der Waals surface area contributed by atoms with Crippen LogP contribution in [-0.2, 0) is 4.79 Å². The summed E-state index contributed by atoms with van der Waals surface area (Å²) < 4.78 is 11.5. The molecule has 0 fully saturated rings. The van der Waals surface area contributed by atoms with Gasteiger partial charge in [0.1, 0.15) is 5.75 Å². The third-order valence-corrected chi connectivity index (χ3v) is 5.09. The lowest BCUT2D eigenvalue weighted by molar-refractivity contribution is -0.118. The molecule has 31 heavy (non-hydrogen) atoms. The van der Waals surface area contributed by atoms with E-state index in [-0.39, 0.29) is 12.5 Å². The van der Waals surface area contributed by atoms with Crippen LogP contribution < -0.4 is 10.1 Å². The monoisotopic (exact) mass is 409 g/mol. The van der Waals surface area contributed by atoms with Gasteiger partial charge < -0.3 is 14.5 Å².